The van der Waals surface area contributed by atoms with Gasteiger partial charge in [-0.05, 0) is 27.4 Å². The molecular weight excluding hydrogens is 246 g/mol. The zero-order valence-corrected chi connectivity index (χ0v) is 8.65. The number of hydrogen-bond donors (Lipinski definition) is 1. The number of nitrogens with zero attached hydrogens (tertiary/aromatic N) is 1. The minimum atomic E-state index is -1.02. The van der Waals surface area contributed by atoms with Crippen LogP contribution in [0, 0.1) is 0 Å². The molecule has 0 saturated heterocycles. The van der Waals surface area contributed by atoms with Crippen LogP contribution in [0.2, 0.25) is 0 Å². The minimum Gasteiger partial charge on any atom is -0.477 e. The van der Waals surface area contributed by atoms with Gasteiger partial charge >= 0.3 is 5.97 Å². The first-order chi connectivity index (χ1) is 6.68. The fraction of sp³-hybridized carbons (Fsp3) is 0. The number of benzene rings is 1. The van der Waals surface area contributed by atoms with Crippen molar-refractivity contribution in [3.8, 4) is 0 Å². The highest BCUT2D eigenvalue weighted by atomic mass is 79.9. The lowest BCUT2D eigenvalue weighted by molar-refractivity contribution is 0.0690. The molecule has 0 saturated carbocycles. The van der Waals surface area contributed by atoms with Gasteiger partial charge in [-0.2, -0.15) is 0 Å². The van der Waals surface area contributed by atoms with Crippen LogP contribution in [0.5, 0.6) is 0 Å². The molecule has 2 rings (SSSR count). The van der Waals surface area contributed by atoms with E-state index in [9.17, 15) is 4.79 Å². The maximum Gasteiger partial charge on any atom is 0.354 e. The fourth-order valence-corrected chi connectivity index (χ4v) is 1.82. The summed E-state index contributed by atoms with van der Waals surface area (Å²) in [4.78, 5) is 14.6. The summed E-state index contributed by atoms with van der Waals surface area (Å²) in [7, 11) is 0. The van der Waals surface area contributed by atoms with E-state index in [0.29, 0.717) is 4.60 Å². The van der Waals surface area contributed by atoms with E-state index in [4.69, 9.17) is 5.11 Å². The molecule has 0 fully saturated rings. The molecule has 0 bridgehead atoms. The van der Waals surface area contributed by atoms with Crippen LogP contribution in [0.4, 0.5) is 0 Å². The molecular formula is C10H6BrNO2. The van der Waals surface area contributed by atoms with Crippen LogP contribution in [0.25, 0.3) is 10.8 Å². The number of carboxylic acid groups (broad SMARTS) is 1. The molecule has 1 N–H and O–H groups in total. The van der Waals surface area contributed by atoms with E-state index in [-0.39, 0.29) is 5.69 Å². The standard InChI is InChI=1S/C10H6BrNO2/c11-9-7-4-2-1-3-6(7)5-8(12-9)10(13)14/h1-5H,(H,13,14). The van der Waals surface area contributed by atoms with Gasteiger partial charge in [-0.3, -0.25) is 0 Å². The Bertz CT molecular complexity index is 510. The molecule has 1 heterocycles. The summed E-state index contributed by atoms with van der Waals surface area (Å²) in [6, 6.07) is 9.05. The first-order valence-corrected chi connectivity index (χ1v) is 4.76. The molecule has 0 spiro atoms. The van der Waals surface area contributed by atoms with Crippen LogP contribution >= 0.6 is 15.9 Å². The van der Waals surface area contributed by atoms with Gasteiger partial charge in [-0.25, -0.2) is 9.78 Å². The van der Waals surface area contributed by atoms with Crippen molar-refractivity contribution >= 4 is 32.7 Å². The molecule has 3 nitrogen and oxygen atoms in total. The third kappa shape index (κ3) is 1.48. The van der Waals surface area contributed by atoms with Crippen molar-refractivity contribution in [2.75, 3.05) is 0 Å². The second-order valence-electron chi connectivity index (χ2n) is 2.82. The summed E-state index contributed by atoms with van der Waals surface area (Å²) in [5.41, 5.74) is 0.0515. The maximum absolute atomic E-state index is 10.7. The molecule has 70 valence electrons. The normalized spacial score (nSPS) is 10.4. The number of carbonyl (C=O) groups is 1. The molecule has 0 amide bonds. The molecule has 2 aromatic rings. The monoisotopic (exact) mass is 251 g/mol. The van der Waals surface area contributed by atoms with Crippen LogP contribution in [-0.2, 0) is 0 Å². The van der Waals surface area contributed by atoms with Gasteiger partial charge in [0.2, 0.25) is 0 Å². The summed E-state index contributed by atoms with van der Waals surface area (Å²) in [5, 5.41) is 10.6. The summed E-state index contributed by atoms with van der Waals surface area (Å²) in [6.45, 7) is 0. The molecule has 0 aliphatic carbocycles. The predicted molar refractivity (Wildman–Crippen MR) is 56.4 cm³/mol. The molecule has 0 atom stereocenters. The van der Waals surface area contributed by atoms with E-state index < -0.39 is 5.97 Å². The number of pyridine rings is 1. The van der Waals surface area contributed by atoms with Gasteiger partial charge in [-0.15, -0.1) is 0 Å². The van der Waals surface area contributed by atoms with Gasteiger partial charge in [0.15, 0.2) is 0 Å². The average molecular weight is 252 g/mol. The number of carboxylic acids is 1. The highest BCUT2D eigenvalue weighted by molar-refractivity contribution is 9.10. The topological polar surface area (TPSA) is 50.2 Å². The van der Waals surface area contributed by atoms with E-state index in [1.807, 2.05) is 24.3 Å². The number of rotatable bonds is 1. The van der Waals surface area contributed by atoms with Crippen molar-refractivity contribution in [3.63, 3.8) is 0 Å². The summed E-state index contributed by atoms with van der Waals surface area (Å²) < 4.78 is 0.563. The summed E-state index contributed by atoms with van der Waals surface area (Å²) in [6.07, 6.45) is 0. The third-order valence-electron chi connectivity index (χ3n) is 1.91. The zero-order valence-electron chi connectivity index (χ0n) is 7.07. The second-order valence-corrected chi connectivity index (χ2v) is 3.58. The van der Waals surface area contributed by atoms with Crippen molar-refractivity contribution in [1.29, 1.82) is 0 Å². The molecule has 0 radical (unpaired) electrons. The van der Waals surface area contributed by atoms with Gasteiger partial charge in [0.05, 0.1) is 0 Å². The Morgan fingerprint density at radius 3 is 2.79 bits per heavy atom. The lowest BCUT2D eigenvalue weighted by atomic mass is 10.1. The Labute approximate surface area is 88.5 Å². The Balaban J connectivity index is 2.78. The zero-order chi connectivity index (χ0) is 10.1. The Hall–Kier alpha value is -1.42. The molecule has 0 aliphatic heterocycles. The van der Waals surface area contributed by atoms with E-state index in [2.05, 4.69) is 20.9 Å². The predicted octanol–water partition coefficient (Wildman–Crippen LogP) is 2.70. The van der Waals surface area contributed by atoms with Crippen molar-refractivity contribution in [2.24, 2.45) is 0 Å². The molecule has 1 aromatic heterocycles. The van der Waals surface area contributed by atoms with Gasteiger partial charge in [0, 0.05) is 5.39 Å². The Morgan fingerprint density at radius 1 is 1.36 bits per heavy atom. The SMILES string of the molecule is O=C(O)c1cc2ccccc2c(Br)n1. The van der Waals surface area contributed by atoms with E-state index in [1.54, 1.807) is 6.07 Å². The minimum absolute atomic E-state index is 0.0515. The number of halogens is 1. The fourth-order valence-electron chi connectivity index (χ4n) is 1.27. The summed E-state index contributed by atoms with van der Waals surface area (Å²) >= 11 is 3.24. The van der Waals surface area contributed by atoms with Crippen molar-refractivity contribution in [1.82, 2.24) is 4.98 Å². The maximum atomic E-state index is 10.7. The number of aromatic nitrogens is 1. The van der Waals surface area contributed by atoms with Gasteiger partial charge in [0.25, 0.3) is 0 Å². The van der Waals surface area contributed by atoms with Crippen molar-refractivity contribution < 1.29 is 9.90 Å². The quantitative estimate of drug-likeness (QED) is 0.794. The van der Waals surface area contributed by atoms with Gasteiger partial charge in [-0.1, -0.05) is 24.3 Å². The van der Waals surface area contributed by atoms with Gasteiger partial charge in [0.1, 0.15) is 10.3 Å². The second kappa shape index (κ2) is 3.38. The Kier molecular flexibility index (Phi) is 2.21. The number of aromatic carboxylic acids is 1. The molecule has 4 heteroatoms. The Morgan fingerprint density at radius 2 is 2.07 bits per heavy atom. The van der Waals surface area contributed by atoms with E-state index in [0.717, 1.165) is 10.8 Å². The van der Waals surface area contributed by atoms with Crippen LogP contribution in [0.15, 0.2) is 34.9 Å². The van der Waals surface area contributed by atoms with Crippen LogP contribution in [0.1, 0.15) is 10.5 Å². The van der Waals surface area contributed by atoms with Crippen LogP contribution in [0.3, 0.4) is 0 Å². The van der Waals surface area contributed by atoms with Crippen LogP contribution in [-0.4, -0.2) is 16.1 Å². The van der Waals surface area contributed by atoms with E-state index >= 15 is 0 Å². The highest BCUT2D eigenvalue weighted by Crippen LogP contribution is 2.22. The lowest BCUT2D eigenvalue weighted by Gasteiger charge is -2.01. The van der Waals surface area contributed by atoms with Crippen molar-refractivity contribution in [2.45, 2.75) is 0 Å². The van der Waals surface area contributed by atoms with Crippen molar-refractivity contribution in [3.05, 3.63) is 40.6 Å². The summed E-state index contributed by atoms with van der Waals surface area (Å²) in [5.74, 6) is -1.02. The first kappa shape index (κ1) is 9.15. The largest absolute Gasteiger partial charge is 0.477 e. The highest BCUT2D eigenvalue weighted by Gasteiger charge is 2.08. The third-order valence-corrected chi connectivity index (χ3v) is 2.52. The smallest absolute Gasteiger partial charge is 0.354 e. The number of fused-ring (bicyclic) bond motifs is 1. The lowest BCUT2D eigenvalue weighted by Crippen LogP contribution is -2.00. The van der Waals surface area contributed by atoms with E-state index in [1.165, 1.54) is 0 Å². The number of hydrogen-bond acceptors (Lipinski definition) is 2. The molecule has 0 unspecified atom stereocenters. The molecule has 1 aromatic carbocycles. The first-order valence-electron chi connectivity index (χ1n) is 3.97. The average Bonchev–Trinajstić information content (AvgIpc) is 2.17. The molecule has 0 aliphatic rings. The van der Waals surface area contributed by atoms with Gasteiger partial charge < -0.3 is 5.11 Å². The molecule has 14 heavy (non-hydrogen) atoms. The van der Waals surface area contributed by atoms with Crippen LogP contribution < -0.4 is 0 Å².